The Bertz CT molecular complexity index is 859. The molecule has 0 aliphatic carbocycles. The van der Waals surface area contributed by atoms with Gasteiger partial charge in [-0.2, -0.15) is 0 Å². The van der Waals surface area contributed by atoms with Gasteiger partial charge in [0.25, 0.3) is 0 Å². The van der Waals surface area contributed by atoms with E-state index in [-0.39, 0.29) is 5.91 Å². The lowest BCUT2D eigenvalue weighted by molar-refractivity contribution is -0.116. The molecule has 0 atom stereocenters. The van der Waals surface area contributed by atoms with E-state index in [9.17, 15) is 4.79 Å². The van der Waals surface area contributed by atoms with Crippen LogP contribution in [0.15, 0.2) is 28.7 Å². The van der Waals surface area contributed by atoms with Gasteiger partial charge in [0.05, 0.1) is 23.8 Å². The van der Waals surface area contributed by atoms with Gasteiger partial charge in [0.2, 0.25) is 5.91 Å². The number of hydrogen-bond donors (Lipinski definition) is 1. The van der Waals surface area contributed by atoms with Crippen molar-refractivity contribution in [2.75, 3.05) is 18.6 Å². The fraction of sp³-hybridized carbons (Fsp3) is 0.312. The molecule has 0 saturated heterocycles. The number of imidazole rings is 1. The average Bonchev–Trinajstić information content (AvgIpc) is 3.18. The number of amides is 1. The first kappa shape index (κ1) is 16.8. The van der Waals surface area contributed by atoms with E-state index in [0.29, 0.717) is 12.3 Å². The second-order valence-corrected chi connectivity index (χ2v) is 6.90. The molecule has 0 bridgehead atoms. The van der Waals surface area contributed by atoms with E-state index in [1.165, 1.54) is 11.3 Å². The average molecular weight is 362 g/mol. The molecule has 0 aliphatic rings. The molecule has 3 rings (SSSR count). The van der Waals surface area contributed by atoms with Gasteiger partial charge in [-0.1, -0.05) is 11.8 Å². The van der Waals surface area contributed by atoms with Crippen molar-refractivity contribution < 1.29 is 9.53 Å². The Morgan fingerprint density at radius 3 is 2.96 bits per heavy atom. The largest absolute Gasteiger partial charge is 0.497 e. The Morgan fingerprint density at radius 2 is 2.25 bits per heavy atom. The van der Waals surface area contributed by atoms with Gasteiger partial charge in [-0.3, -0.25) is 9.69 Å². The second-order valence-electron chi connectivity index (χ2n) is 5.10. The van der Waals surface area contributed by atoms with Crippen molar-refractivity contribution in [3.8, 4) is 5.75 Å². The quantitative estimate of drug-likeness (QED) is 0.677. The number of rotatable bonds is 6. The predicted octanol–water partition coefficient (Wildman–Crippen LogP) is 3.69. The van der Waals surface area contributed by atoms with Crippen molar-refractivity contribution in [3.63, 3.8) is 0 Å². The van der Waals surface area contributed by atoms with Crippen LogP contribution in [0.4, 0.5) is 5.13 Å². The van der Waals surface area contributed by atoms with E-state index in [1.54, 1.807) is 30.7 Å². The predicted molar refractivity (Wildman–Crippen MR) is 98.0 cm³/mol. The molecule has 0 radical (unpaired) electrons. The summed E-state index contributed by atoms with van der Waals surface area (Å²) in [5.41, 5.74) is 2.80. The molecular weight excluding hydrogens is 344 g/mol. The first-order valence-corrected chi connectivity index (χ1v) is 9.36. The summed E-state index contributed by atoms with van der Waals surface area (Å²) >= 11 is 3.08. The molecule has 0 unspecified atom stereocenters. The number of H-pyrrole nitrogens is 1. The van der Waals surface area contributed by atoms with Gasteiger partial charge in [0, 0.05) is 30.7 Å². The number of carbonyl (C=O) groups excluding carboxylic acids is 1. The molecule has 1 amide bonds. The Labute approximate surface area is 148 Å². The Morgan fingerprint density at radius 1 is 1.42 bits per heavy atom. The Kier molecular flexibility index (Phi) is 5.06. The summed E-state index contributed by atoms with van der Waals surface area (Å²) < 4.78 is 5.22. The molecule has 0 fully saturated rings. The van der Waals surface area contributed by atoms with Crippen LogP contribution in [0.3, 0.4) is 0 Å². The number of carbonyl (C=O) groups is 1. The molecule has 24 heavy (non-hydrogen) atoms. The van der Waals surface area contributed by atoms with E-state index in [4.69, 9.17) is 4.74 Å². The standard InChI is InChI=1S/C16H18N4O2S2/c1-4-20(10(2)21)16-17-11(9-24-16)8-23-15-18-13-6-5-12(22-3)7-14(13)19-15/h5-7,9H,4,8H2,1-3H3,(H,18,19). The summed E-state index contributed by atoms with van der Waals surface area (Å²) in [7, 11) is 1.65. The Hall–Kier alpha value is -2.06. The first-order chi connectivity index (χ1) is 11.6. The van der Waals surface area contributed by atoms with Crippen LogP contribution in [0.2, 0.25) is 0 Å². The molecule has 0 aliphatic heterocycles. The van der Waals surface area contributed by atoms with Gasteiger partial charge in [0.15, 0.2) is 10.3 Å². The van der Waals surface area contributed by atoms with Crippen LogP contribution in [0.25, 0.3) is 11.0 Å². The van der Waals surface area contributed by atoms with Gasteiger partial charge in [-0.05, 0) is 19.1 Å². The normalized spacial score (nSPS) is 11.0. The van der Waals surface area contributed by atoms with Gasteiger partial charge < -0.3 is 9.72 Å². The lowest BCUT2D eigenvalue weighted by Crippen LogP contribution is -2.27. The summed E-state index contributed by atoms with van der Waals surface area (Å²) in [6.45, 7) is 4.13. The van der Waals surface area contributed by atoms with Crippen molar-refractivity contribution in [1.82, 2.24) is 15.0 Å². The fourth-order valence-corrected chi connectivity index (χ4v) is 4.10. The van der Waals surface area contributed by atoms with Gasteiger partial charge in [-0.25, -0.2) is 9.97 Å². The maximum atomic E-state index is 11.6. The zero-order valence-corrected chi connectivity index (χ0v) is 15.3. The number of benzene rings is 1. The number of aromatic nitrogens is 3. The van der Waals surface area contributed by atoms with Gasteiger partial charge in [-0.15, -0.1) is 11.3 Å². The topological polar surface area (TPSA) is 71.1 Å². The minimum atomic E-state index is 0.0114. The maximum Gasteiger partial charge on any atom is 0.225 e. The lowest BCUT2D eigenvalue weighted by atomic mass is 10.3. The summed E-state index contributed by atoms with van der Waals surface area (Å²) in [5, 5.41) is 3.57. The van der Waals surface area contributed by atoms with Gasteiger partial charge >= 0.3 is 0 Å². The summed E-state index contributed by atoms with van der Waals surface area (Å²) in [6.07, 6.45) is 0. The van der Waals surface area contributed by atoms with Crippen LogP contribution in [-0.2, 0) is 10.5 Å². The molecule has 1 N–H and O–H groups in total. The number of thioether (sulfide) groups is 1. The summed E-state index contributed by atoms with van der Waals surface area (Å²) in [5.74, 6) is 1.51. The minimum Gasteiger partial charge on any atom is -0.497 e. The van der Waals surface area contributed by atoms with Crippen molar-refractivity contribution in [2.45, 2.75) is 24.8 Å². The van der Waals surface area contributed by atoms with Crippen molar-refractivity contribution in [2.24, 2.45) is 0 Å². The van der Waals surface area contributed by atoms with Crippen LogP contribution in [0.5, 0.6) is 5.75 Å². The molecule has 0 spiro atoms. The molecule has 2 heterocycles. The minimum absolute atomic E-state index is 0.0114. The molecule has 6 nitrogen and oxygen atoms in total. The zero-order valence-electron chi connectivity index (χ0n) is 13.7. The number of aromatic amines is 1. The Balaban J connectivity index is 1.69. The third-order valence-corrected chi connectivity index (χ3v) is 5.31. The van der Waals surface area contributed by atoms with E-state index in [2.05, 4.69) is 15.0 Å². The van der Waals surface area contributed by atoms with Crippen LogP contribution in [0, 0.1) is 0 Å². The van der Waals surface area contributed by atoms with Crippen LogP contribution < -0.4 is 9.64 Å². The molecule has 2 aromatic heterocycles. The van der Waals surface area contributed by atoms with Crippen LogP contribution in [-0.4, -0.2) is 34.5 Å². The van der Waals surface area contributed by atoms with E-state index >= 15 is 0 Å². The van der Waals surface area contributed by atoms with E-state index in [0.717, 1.165) is 32.8 Å². The van der Waals surface area contributed by atoms with Crippen molar-refractivity contribution >= 4 is 45.2 Å². The highest BCUT2D eigenvalue weighted by molar-refractivity contribution is 7.98. The highest BCUT2D eigenvalue weighted by Gasteiger charge is 2.14. The van der Waals surface area contributed by atoms with Gasteiger partial charge in [0.1, 0.15) is 5.75 Å². The fourth-order valence-electron chi connectivity index (χ4n) is 2.28. The van der Waals surface area contributed by atoms with Crippen molar-refractivity contribution in [1.29, 1.82) is 0 Å². The smallest absolute Gasteiger partial charge is 0.225 e. The summed E-state index contributed by atoms with van der Waals surface area (Å²) in [6, 6.07) is 5.76. The number of hydrogen-bond acceptors (Lipinski definition) is 6. The van der Waals surface area contributed by atoms with Crippen LogP contribution in [0.1, 0.15) is 19.5 Å². The number of thiazole rings is 1. The molecule has 8 heteroatoms. The third-order valence-electron chi connectivity index (χ3n) is 3.49. The van der Waals surface area contributed by atoms with E-state index < -0.39 is 0 Å². The number of methoxy groups -OCH3 is 1. The zero-order chi connectivity index (χ0) is 17.1. The van der Waals surface area contributed by atoms with E-state index in [1.807, 2.05) is 30.5 Å². The summed E-state index contributed by atoms with van der Waals surface area (Å²) in [4.78, 5) is 25.6. The highest BCUT2D eigenvalue weighted by Crippen LogP contribution is 2.27. The molecule has 126 valence electrons. The molecule has 3 aromatic rings. The number of nitrogens with zero attached hydrogens (tertiary/aromatic N) is 3. The third kappa shape index (κ3) is 3.54. The number of ether oxygens (including phenoxy) is 1. The second kappa shape index (κ2) is 7.23. The lowest BCUT2D eigenvalue weighted by Gasteiger charge is -2.14. The molecule has 1 aromatic carbocycles. The molecule has 0 saturated carbocycles. The monoisotopic (exact) mass is 362 g/mol. The number of fused-ring (bicyclic) bond motifs is 1. The van der Waals surface area contributed by atoms with Crippen molar-refractivity contribution in [3.05, 3.63) is 29.3 Å². The highest BCUT2D eigenvalue weighted by atomic mass is 32.2. The SMILES string of the molecule is CCN(C(C)=O)c1nc(CSc2nc3ccc(OC)cc3[nH]2)cs1. The van der Waals surface area contributed by atoms with Crippen LogP contribution >= 0.6 is 23.1 Å². The maximum absolute atomic E-state index is 11.6. The number of anilines is 1. The first-order valence-electron chi connectivity index (χ1n) is 7.49. The number of nitrogens with one attached hydrogen (secondary N) is 1. The molecular formula is C16H18N4O2S2.